The van der Waals surface area contributed by atoms with Crippen LogP contribution in [0.15, 0.2) is 18.2 Å². The second-order valence-electron chi connectivity index (χ2n) is 4.46. The van der Waals surface area contributed by atoms with Crippen molar-refractivity contribution in [1.82, 2.24) is 5.32 Å². The summed E-state index contributed by atoms with van der Waals surface area (Å²) in [5.41, 5.74) is 0. The summed E-state index contributed by atoms with van der Waals surface area (Å²) < 4.78 is 45.3. The highest BCUT2D eigenvalue weighted by molar-refractivity contribution is 6.34. The first-order valence-electron chi connectivity index (χ1n) is 6.19. The molecule has 9 heteroatoms. The lowest BCUT2D eigenvalue weighted by Gasteiger charge is -2.15. The largest absolute Gasteiger partial charge is 0.482 e. The van der Waals surface area contributed by atoms with E-state index in [2.05, 4.69) is 10.1 Å². The van der Waals surface area contributed by atoms with Gasteiger partial charge in [-0.25, -0.2) is 0 Å². The Morgan fingerprint density at radius 3 is 2.68 bits per heavy atom. The number of rotatable bonds is 7. The number of benzene rings is 1. The van der Waals surface area contributed by atoms with Crippen LogP contribution < -0.4 is 10.1 Å². The Morgan fingerprint density at radius 1 is 1.36 bits per heavy atom. The normalized spacial score (nSPS) is 12.8. The minimum absolute atomic E-state index is 0.241. The zero-order valence-corrected chi connectivity index (χ0v) is 13.1. The second-order valence-corrected chi connectivity index (χ2v) is 5.31. The second kappa shape index (κ2) is 8.45. The van der Waals surface area contributed by atoms with E-state index in [0.29, 0.717) is 10.0 Å². The highest BCUT2D eigenvalue weighted by atomic mass is 35.5. The van der Waals surface area contributed by atoms with Gasteiger partial charge >= 0.3 is 6.18 Å². The smallest absolute Gasteiger partial charge is 0.411 e. The number of carbonyl (C=O) groups excluding carboxylic acids is 1. The molecule has 124 valence electrons. The lowest BCUT2D eigenvalue weighted by Crippen LogP contribution is -2.39. The van der Waals surface area contributed by atoms with Crippen LogP contribution in [-0.4, -0.2) is 37.9 Å². The van der Waals surface area contributed by atoms with E-state index in [0.717, 1.165) is 0 Å². The fourth-order valence-electron chi connectivity index (χ4n) is 1.44. The molecule has 4 nitrogen and oxygen atoms in total. The number of carbonyl (C=O) groups is 1. The summed E-state index contributed by atoms with van der Waals surface area (Å²) in [4.78, 5) is 11.6. The van der Waals surface area contributed by atoms with Crippen LogP contribution in [0.4, 0.5) is 13.2 Å². The molecule has 0 aliphatic carbocycles. The van der Waals surface area contributed by atoms with Crippen molar-refractivity contribution in [2.75, 3.05) is 19.8 Å². The summed E-state index contributed by atoms with van der Waals surface area (Å²) in [5.74, 6) is -0.274. The van der Waals surface area contributed by atoms with Crippen molar-refractivity contribution in [1.29, 1.82) is 0 Å². The van der Waals surface area contributed by atoms with Crippen LogP contribution in [-0.2, 0) is 9.53 Å². The molecule has 0 aliphatic heterocycles. The molecule has 1 unspecified atom stereocenters. The van der Waals surface area contributed by atoms with Gasteiger partial charge in [0.05, 0.1) is 11.6 Å². The van der Waals surface area contributed by atoms with E-state index in [4.69, 9.17) is 27.9 Å². The summed E-state index contributed by atoms with van der Waals surface area (Å²) in [6.07, 6.45) is -4.39. The van der Waals surface area contributed by atoms with Crippen molar-refractivity contribution in [3.8, 4) is 5.75 Å². The van der Waals surface area contributed by atoms with Crippen molar-refractivity contribution in [2.24, 2.45) is 0 Å². The average molecular weight is 360 g/mol. The lowest BCUT2D eigenvalue weighted by atomic mass is 10.3. The van der Waals surface area contributed by atoms with E-state index >= 15 is 0 Å². The maximum atomic E-state index is 11.9. The van der Waals surface area contributed by atoms with Gasteiger partial charge in [-0.2, -0.15) is 13.2 Å². The van der Waals surface area contributed by atoms with E-state index in [-0.39, 0.29) is 19.0 Å². The SMILES string of the molecule is CC(COCC(F)(F)F)NC(=O)COc1cc(Cl)ccc1Cl. The molecule has 0 saturated carbocycles. The molecule has 1 aromatic carbocycles. The molecule has 0 fully saturated rings. The molecule has 0 bridgehead atoms. The zero-order valence-electron chi connectivity index (χ0n) is 11.5. The van der Waals surface area contributed by atoms with Gasteiger partial charge in [0, 0.05) is 17.1 Å². The van der Waals surface area contributed by atoms with Crippen molar-refractivity contribution in [3.63, 3.8) is 0 Å². The summed E-state index contributed by atoms with van der Waals surface area (Å²) in [7, 11) is 0. The fourth-order valence-corrected chi connectivity index (χ4v) is 1.77. The summed E-state index contributed by atoms with van der Waals surface area (Å²) in [5, 5.41) is 3.13. The van der Waals surface area contributed by atoms with Gasteiger partial charge in [0.25, 0.3) is 5.91 Å². The molecule has 0 aromatic heterocycles. The summed E-state index contributed by atoms with van der Waals surface area (Å²) in [6.45, 7) is -0.449. The van der Waals surface area contributed by atoms with Crippen LogP contribution in [0.3, 0.4) is 0 Å². The van der Waals surface area contributed by atoms with Gasteiger partial charge in [-0.1, -0.05) is 23.2 Å². The van der Waals surface area contributed by atoms with E-state index in [1.807, 2.05) is 0 Å². The van der Waals surface area contributed by atoms with Gasteiger partial charge in [0.1, 0.15) is 12.4 Å². The number of hydrogen-bond donors (Lipinski definition) is 1. The van der Waals surface area contributed by atoms with Crippen LogP contribution in [0.1, 0.15) is 6.92 Å². The minimum Gasteiger partial charge on any atom is -0.482 e. The van der Waals surface area contributed by atoms with Crippen LogP contribution in [0, 0.1) is 0 Å². The molecule has 0 saturated heterocycles. The standard InChI is InChI=1S/C13H14Cl2F3NO3/c1-8(5-21-7-13(16,17)18)19-12(20)6-22-11-4-9(14)2-3-10(11)15/h2-4,8H,5-7H2,1H3,(H,19,20). The van der Waals surface area contributed by atoms with Crippen LogP contribution >= 0.6 is 23.2 Å². The first-order valence-corrected chi connectivity index (χ1v) is 6.94. The number of nitrogens with one attached hydrogen (secondary N) is 1. The van der Waals surface area contributed by atoms with Gasteiger partial charge in [-0.15, -0.1) is 0 Å². The fraction of sp³-hybridized carbons (Fsp3) is 0.462. The third-order valence-corrected chi connectivity index (χ3v) is 2.84. The van der Waals surface area contributed by atoms with Gasteiger partial charge in [0.2, 0.25) is 0 Å². The Labute approximate surface area is 135 Å². The van der Waals surface area contributed by atoms with Crippen molar-refractivity contribution in [2.45, 2.75) is 19.1 Å². The molecular weight excluding hydrogens is 346 g/mol. The quantitative estimate of drug-likeness (QED) is 0.810. The first-order chi connectivity index (χ1) is 10.2. The van der Waals surface area contributed by atoms with Gasteiger partial charge in [-0.3, -0.25) is 4.79 Å². The molecular formula is C13H14Cl2F3NO3. The van der Waals surface area contributed by atoms with Crippen molar-refractivity contribution >= 4 is 29.1 Å². The zero-order chi connectivity index (χ0) is 16.8. The van der Waals surface area contributed by atoms with E-state index in [1.54, 1.807) is 6.07 Å². The Morgan fingerprint density at radius 2 is 2.05 bits per heavy atom. The predicted molar refractivity (Wildman–Crippen MR) is 76.4 cm³/mol. The molecule has 1 rings (SSSR count). The molecule has 0 radical (unpaired) electrons. The molecule has 0 aliphatic rings. The number of halogens is 5. The molecule has 1 atom stereocenters. The van der Waals surface area contributed by atoms with Crippen LogP contribution in [0.25, 0.3) is 0 Å². The molecule has 1 amide bonds. The Hall–Kier alpha value is -1.18. The molecule has 0 heterocycles. The number of hydrogen-bond acceptors (Lipinski definition) is 3. The molecule has 1 aromatic rings. The van der Waals surface area contributed by atoms with Gasteiger partial charge in [0.15, 0.2) is 6.61 Å². The molecule has 0 spiro atoms. The monoisotopic (exact) mass is 359 g/mol. The first kappa shape index (κ1) is 18.9. The van der Waals surface area contributed by atoms with E-state index in [9.17, 15) is 18.0 Å². The van der Waals surface area contributed by atoms with Gasteiger partial charge < -0.3 is 14.8 Å². The number of alkyl halides is 3. The van der Waals surface area contributed by atoms with Crippen molar-refractivity contribution < 1.29 is 27.4 Å². The summed E-state index contributed by atoms with van der Waals surface area (Å²) in [6, 6.07) is 3.95. The van der Waals surface area contributed by atoms with E-state index < -0.39 is 24.7 Å². The van der Waals surface area contributed by atoms with E-state index in [1.165, 1.54) is 19.1 Å². The van der Waals surface area contributed by atoms with Gasteiger partial charge in [-0.05, 0) is 19.1 Å². The highest BCUT2D eigenvalue weighted by Crippen LogP contribution is 2.27. The maximum Gasteiger partial charge on any atom is 0.411 e. The third-order valence-electron chi connectivity index (χ3n) is 2.29. The predicted octanol–water partition coefficient (Wildman–Crippen LogP) is 3.46. The van der Waals surface area contributed by atoms with Crippen LogP contribution in [0.5, 0.6) is 5.75 Å². The van der Waals surface area contributed by atoms with Crippen molar-refractivity contribution in [3.05, 3.63) is 28.2 Å². The molecule has 1 N–H and O–H groups in total. The van der Waals surface area contributed by atoms with Crippen LogP contribution in [0.2, 0.25) is 10.0 Å². The number of ether oxygens (including phenoxy) is 2. The lowest BCUT2D eigenvalue weighted by molar-refractivity contribution is -0.175. The number of amides is 1. The Balaban J connectivity index is 2.32. The molecule has 22 heavy (non-hydrogen) atoms. The topological polar surface area (TPSA) is 47.6 Å². The Kier molecular flexibility index (Phi) is 7.25. The minimum atomic E-state index is -4.39. The maximum absolute atomic E-state index is 11.9. The Bertz CT molecular complexity index is 512. The summed E-state index contributed by atoms with van der Waals surface area (Å²) >= 11 is 11.6. The third kappa shape index (κ3) is 7.72. The average Bonchev–Trinajstić information content (AvgIpc) is 2.38. The highest BCUT2D eigenvalue weighted by Gasteiger charge is 2.27.